The van der Waals surface area contributed by atoms with Gasteiger partial charge in [-0.1, -0.05) is 66.7 Å². The van der Waals surface area contributed by atoms with Crippen molar-refractivity contribution in [2.24, 2.45) is 0 Å². The van der Waals surface area contributed by atoms with Crippen molar-refractivity contribution in [3.8, 4) is 0 Å². The van der Waals surface area contributed by atoms with Crippen LogP contribution in [0, 0.1) is 0 Å². The molecule has 0 saturated heterocycles. The number of hydrogen-bond donors (Lipinski definition) is 2. The van der Waals surface area contributed by atoms with E-state index in [1.54, 1.807) is 24.3 Å². The summed E-state index contributed by atoms with van der Waals surface area (Å²) >= 11 is 0. The number of alkyl carbamates (subject to hydrolysis) is 1. The molecule has 0 fully saturated rings. The van der Waals surface area contributed by atoms with Crippen LogP contribution in [-0.2, 0) is 17.8 Å². The quantitative estimate of drug-likeness (QED) is 0.374. The predicted octanol–water partition coefficient (Wildman–Crippen LogP) is 5.09. The van der Waals surface area contributed by atoms with Crippen LogP contribution in [0.5, 0.6) is 0 Å². The molecule has 0 radical (unpaired) electrons. The SMILES string of the molecule is CC(=O)c1cccc(C(=O)[C@H](Cc2c[nH]c3ccccc23)NC(=O)OCc2ccccc2)c1. The average Bonchev–Trinajstić information content (AvgIpc) is 3.25. The van der Waals surface area contributed by atoms with Gasteiger partial charge in [0.05, 0.1) is 6.04 Å². The molecule has 166 valence electrons. The zero-order valence-electron chi connectivity index (χ0n) is 18.2. The van der Waals surface area contributed by atoms with Crippen LogP contribution < -0.4 is 5.32 Å². The number of amides is 1. The molecule has 6 heteroatoms. The minimum Gasteiger partial charge on any atom is -0.445 e. The molecule has 4 aromatic rings. The van der Waals surface area contributed by atoms with E-state index < -0.39 is 12.1 Å². The van der Waals surface area contributed by atoms with Crippen LogP contribution in [0.3, 0.4) is 0 Å². The molecule has 0 aliphatic rings. The molecule has 1 atom stereocenters. The summed E-state index contributed by atoms with van der Waals surface area (Å²) in [5.74, 6) is -0.423. The summed E-state index contributed by atoms with van der Waals surface area (Å²) in [7, 11) is 0. The molecular weight excluding hydrogens is 416 g/mol. The number of aromatic nitrogens is 1. The lowest BCUT2D eigenvalue weighted by atomic mass is 9.96. The first kappa shape index (κ1) is 22.0. The molecule has 0 spiro atoms. The summed E-state index contributed by atoms with van der Waals surface area (Å²) < 4.78 is 5.35. The topological polar surface area (TPSA) is 88.3 Å². The number of Topliss-reactive ketones (excluding diaryl/α,β-unsaturated/α-hetero) is 2. The first-order valence-electron chi connectivity index (χ1n) is 10.7. The van der Waals surface area contributed by atoms with E-state index in [9.17, 15) is 14.4 Å². The third-order valence-electron chi connectivity index (χ3n) is 5.47. The highest BCUT2D eigenvalue weighted by atomic mass is 16.5. The lowest BCUT2D eigenvalue weighted by molar-refractivity contribution is 0.0916. The first-order valence-corrected chi connectivity index (χ1v) is 10.7. The van der Waals surface area contributed by atoms with Crippen molar-refractivity contribution < 1.29 is 19.1 Å². The van der Waals surface area contributed by atoms with Gasteiger partial charge >= 0.3 is 6.09 Å². The number of hydrogen-bond acceptors (Lipinski definition) is 4. The van der Waals surface area contributed by atoms with Crippen LogP contribution in [-0.4, -0.2) is 28.7 Å². The number of carbonyl (C=O) groups is 3. The van der Waals surface area contributed by atoms with Crippen LogP contribution in [0.1, 0.15) is 38.8 Å². The number of ether oxygens (including phenoxy) is 1. The maximum Gasteiger partial charge on any atom is 0.408 e. The lowest BCUT2D eigenvalue weighted by Crippen LogP contribution is -2.42. The number of ketones is 2. The number of carbonyl (C=O) groups excluding carboxylic acids is 3. The van der Waals surface area contributed by atoms with Crippen molar-refractivity contribution in [2.75, 3.05) is 0 Å². The standard InChI is InChI=1S/C27H24N2O4/c1-18(30)20-10-7-11-21(14-20)26(31)25(15-22-16-28-24-13-6-5-12-23(22)24)29-27(32)33-17-19-8-3-2-4-9-19/h2-14,16,25,28H,15,17H2,1H3,(H,29,32)/t25-/m0/s1. The molecule has 2 N–H and O–H groups in total. The van der Waals surface area contributed by atoms with Crippen molar-refractivity contribution in [3.63, 3.8) is 0 Å². The van der Waals surface area contributed by atoms with Crippen LogP contribution >= 0.6 is 0 Å². The fourth-order valence-electron chi connectivity index (χ4n) is 3.73. The van der Waals surface area contributed by atoms with Crippen molar-refractivity contribution >= 4 is 28.6 Å². The summed E-state index contributed by atoms with van der Waals surface area (Å²) in [6.07, 6.45) is 1.43. The Morgan fingerprint density at radius 3 is 2.42 bits per heavy atom. The van der Waals surface area contributed by atoms with Gasteiger partial charge in [-0.25, -0.2) is 4.79 Å². The van der Waals surface area contributed by atoms with Gasteiger partial charge in [-0.15, -0.1) is 0 Å². The highest BCUT2D eigenvalue weighted by molar-refractivity contribution is 6.04. The molecule has 0 unspecified atom stereocenters. The molecule has 1 aromatic heterocycles. The van der Waals surface area contributed by atoms with Crippen LogP contribution in [0.4, 0.5) is 4.79 Å². The number of nitrogens with one attached hydrogen (secondary N) is 2. The van der Waals surface area contributed by atoms with Gasteiger partial charge in [-0.3, -0.25) is 9.59 Å². The fraction of sp³-hybridized carbons (Fsp3) is 0.148. The molecule has 4 rings (SSSR count). The van der Waals surface area contributed by atoms with E-state index in [2.05, 4.69) is 10.3 Å². The van der Waals surface area contributed by atoms with Crippen LogP contribution in [0.15, 0.2) is 85.1 Å². The summed E-state index contributed by atoms with van der Waals surface area (Å²) in [5.41, 5.74) is 3.49. The van der Waals surface area contributed by atoms with Gasteiger partial charge in [0.25, 0.3) is 0 Å². The Bertz CT molecular complexity index is 1290. The molecule has 0 aliphatic heterocycles. The van der Waals surface area contributed by atoms with Crippen molar-refractivity contribution in [1.29, 1.82) is 0 Å². The van der Waals surface area contributed by atoms with Crippen LogP contribution in [0.2, 0.25) is 0 Å². The second-order valence-electron chi connectivity index (χ2n) is 7.82. The molecule has 1 heterocycles. The van der Waals surface area contributed by atoms with E-state index in [0.717, 1.165) is 22.0 Å². The average molecular weight is 440 g/mol. The first-order chi connectivity index (χ1) is 16.0. The van der Waals surface area contributed by atoms with E-state index in [0.29, 0.717) is 11.1 Å². The van der Waals surface area contributed by atoms with Crippen molar-refractivity contribution in [2.45, 2.75) is 26.0 Å². The Kier molecular flexibility index (Phi) is 6.64. The number of aromatic amines is 1. The minimum atomic E-state index is -0.866. The molecule has 0 saturated carbocycles. The Morgan fingerprint density at radius 1 is 0.909 bits per heavy atom. The summed E-state index contributed by atoms with van der Waals surface area (Å²) in [5, 5.41) is 3.71. The summed E-state index contributed by atoms with van der Waals surface area (Å²) in [4.78, 5) is 41.0. The Balaban J connectivity index is 1.57. The molecule has 1 amide bonds. The molecular formula is C27H24N2O4. The number of fused-ring (bicyclic) bond motifs is 1. The molecule has 0 bridgehead atoms. The van der Waals surface area contributed by atoms with E-state index in [1.807, 2.05) is 60.8 Å². The van der Waals surface area contributed by atoms with Gasteiger partial charge in [0.2, 0.25) is 0 Å². The minimum absolute atomic E-state index is 0.0977. The Morgan fingerprint density at radius 2 is 1.64 bits per heavy atom. The smallest absolute Gasteiger partial charge is 0.408 e. The second-order valence-corrected chi connectivity index (χ2v) is 7.82. The van der Waals surface area contributed by atoms with Gasteiger partial charge in [0.15, 0.2) is 11.6 Å². The van der Waals surface area contributed by atoms with E-state index in [4.69, 9.17) is 4.74 Å². The normalized spacial score (nSPS) is 11.7. The van der Waals surface area contributed by atoms with Gasteiger partial charge in [-0.2, -0.15) is 0 Å². The van der Waals surface area contributed by atoms with Crippen molar-refractivity contribution in [3.05, 3.63) is 107 Å². The largest absolute Gasteiger partial charge is 0.445 e. The second kappa shape index (κ2) is 9.96. The van der Waals surface area contributed by atoms with Gasteiger partial charge in [0.1, 0.15) is 6.61 Å². The number of H-pyrrole nitrogens is 1. The lowest BCUT2D eigenvalue weighted by Gasteiger charge is -2.18. The Labute approximate surface area is 191 Å². The molecule has 6 nitrogen and oxygen atoms in total. The predicted molar refractivity (Wildman–Crippen MR) is 126 cm³/mol. The molecule has 0 aliphatic carbocycles. The molecule has 33 heavy (non-hydrogen) atoms. The zero-order chi connectivity index (χ0) is 23.2. The van der Waals surface area contributed by atoms with E-state index in [1.165, 1.54) is 6.92 Å². The Hall–Kier alpha value is -4.19. The zero-order valence-corrected chi connectivity index (χ0v) is 18.2. The van der Waals surface area contributed by atoms with Crippen LogP contribution in [0.25, 0.3) is 10.9 Å². The highest BCUT2D eigenvalue weighted by Gasteiger charge is 2.25. The number of benzene rings is 3. The van der Waals surface area contributed by atoms with E-state index in [-0.39, 0.29) is 24.6 Å². The maximum atomic E-state index is 13.4. The third kappa shape index (κ3) is 5.36. The maximum absolute atomic E-state index is 13.4. The van der Waals surface area contributed by atoms with Crippen molar-refractivity contribution in [1.82, 2.24) is 10.3 Å². The van der Waals surface area contributed by atoms with Gasteiger partial charge < -0.3 is 15.0 Å². The highest BCUT2D eigenvalue weighted by Crippen LogP contribution is 2.21. The molecule has 3 aromatic carbocycles. The number of rotatable bonds is 8. The third-order valence-corrected chi connectivity index (χ3v) is 5.47. The summed E-state index contributed by atoms with van der Waals surface area (Å²) in [6, 6.07) is 22.8. The van der Waals surface area contributed by atoms with E-state index >= 15 is 0 Å². The number of para-hydroxylation sites is 1. The monoisotopic (exact) mass is 440 g/mol. The fourth-order valence-corrected chi connectivity index (χ4v) is 3.73. The van der Waals surface area contributed by atoms with Gasteiger partial charge in [-0.05, 0) is 30.2 Å². The summed E-state index contributed by atoms with van der Waals surface area (Å²) in [6.45, 7) is 1.55. The van der Waals surface area contributed by atoms with Gasteiger partial charge in [0, 0.05) is 34.6 Å².